The molecule has 1 heterocycles. The van der Waals surface area contributed by atoms with E-state index in [1.54, 1.807) is 19.5 Å². The molecule has 1 aliphatic rings. The van der Waals surface area contributed by atoms with E-state index in [1.807, 2.05) is 41.3 Å². The van der Waals surface area contributed by atoms with Crippen LogP contribution in [-0.4, -0.2) is 29.1 Å². The first-order valence-electron chi connectivity index (χ1n) is 14.2. The van der Waals surface area contributed by atoms with E-state index in [1.165, 1.54) is 43.2 Å². The molecule has 0 atom stereocenters. The predicted octanol–water partition coefficient (Wildman–Crippen LogP) is 7.41. The van der Waals surface area contributed by atoms with Crippen molar-refractivity contribution in [1.29, 1.82) is 0 Å². The molecule has 0 bridgehead atoms. The molecule has 0 saturated heterocycles. The molecule has 2 N–H and O–H groups in total. The first-order chi connectivity index (χ1) is 19.7. The number of hydrogen-bond donors (Lipinski definition) is 2. The number of nitrogens with zero attached hydrogens (tertiary/aromatic N) is 2. The van der Waals surface area contributed by atoms with Gasteiger partial charge in [0.15, 0.2) is 0 Å². The number of hydrogen-bond acceptors (Lipinski definition) is 4. The molecule has 0 unspecified atom stereocenters. The normalized spacial score (nSPS) is 13.5. The number of nitrogens with one attached hydrogen (secondary N) is 2. The minimum atomic E-state index is -0.171. The lowest BCUT2D eigenvalue weighted by Crippen LogP contribution is -2.34. The van der Waals surface area contributed by atoms with Crippen molar-refractivity contribution in [3.05, 3.63) is 114 Å². The lowest BCUT2D eigenvalue weighted by atomic mass is 9.95. The van der Waals surface area contributed by atoms with Gasteiger partial charge in [-0.1, -0.05) is 61.7 Å². The highest BCUT2D eigenvalue weighted by molar-refractivity contribution is 5.89. The maximum atomic E-state index is 13.4. The van der Waals surface area contributed by atoms with Gasteiger partial charge in [0, 0.05) is 43.8 Å². The third kappa shape index (κ3) is 7.70. The topological polar surface area (TPSA) is 66.5 Å². The van der Waals surface area contributed by atoms with E-state index in [4.69, 9.17) is 4.74 Å². The summed E-state index contributed by atoms with van der Waals surface area (Å²) in [4.78, 5) is 19.5. The maximum Gasteiger partial charge on any atom is 0.322 e. The van der Waals surface area contributed by atoms with Crippen molar-refractivity contribution < 1.29 is 9.53 Å². The first kappa shape index (κ1) is 27.4. The number of rotatable bonds is 10. The van der Waals surface area contributed by atoms with Crippen molar-refractivity contribution in [2.75, 3.05) is 12.4 Å². The molecule has 0 spiro atoms. The molecular weight excluding hydrogens is 496 g/mol. The molecule has 3 aromatic carbocycles. The Hall–Kier alpha value is -4.16. The van der Waals surface area contributed by atoms with Gasteiger partial charge in [0.1, 0.15) is 5.75 Å². The molecule has 206 valence electrons. The number of benzene rings is 3. The van der Waals surface area contributed by atoms with Crippen molar-refractivity contribution >= 4 is 11.7 Å². The second-order valence-electron chi connectivity index (χ2n) is 10.5. The van der Waals surface area contributed by atoms with Gasteiger partial charge in [0.25, 0.3) is 0 Å². The van der Waals surface area contributed by atoms with Crippen LogP contribution in [0.1, 0.15) is 48.8 Å². The fourth-order valence-corrected chi connectivity index (χ4v) is 5.29. The Bertz CT molecular complexity index is 1370. The van der Waals surface area contributed by atoms with Gasteiger partial charge in [-0.3, -0.25) is 4.98 Å². The number of methoxy groups -OCH3 is 1. The van der Waals surface area contributed by atoms with E-state index in [9.17, 15) is 4.79 Å². The Balaban J connectivity index is 1.30. The van der Waals surface area contributed by atoms with Crippen LogP contribution in [0, 0.1) is 0 Å². The zero-order chi connectivity index (χ0) is 27.6. The molecule has 2 amide bonds. The van der Waals surface area contributed by atoms with Crippen LogP contribution >= 0.6 is 0 Å². The number of carbonyl (C=O) groups is 1. The minimum Gasteiger partial charge on any atom is -0.497 e. The molecule has 5 rings (SSSR count). The maximum absolute atomic E-state index is 13.4. The number of carbonyl (C=O) groups excluding carboxylic acids is 1. The number of aromatic nitrogens is 1. The van der Waals surface area contributed by atoms with Crippen molar-refractivity contribution in [2.24, 2.45) is 0 Å². The number of anilines is 1. The summed E-state index contributed by atoms with van der Waals surface area (Å²) in [6.07, 6.45) is 10.1. The summed E-state index contributed by atoms with van der Waals surface area (Å²) < 4.78 is 5.24. The fraction of sp³-hybridized carbons (Fsp3) is 0.294. The van der Waals surface area contributed by atoms with Gasteiger partial charge in [-0.05, 0) is 83.1 Å². The third-order valence-electron chi connectivity index (χ3n) is 7.49. The number of urea groups is 1. The quantitative estimate of drug-likeness (QED) is 0.222. The molecule has 0 radical (unpaired) electrons. The summed E-state index contributed by atoms with van der Waals surface area (Å²) in [5.74, 6) is 0.746. The molecule has 4 aromatic rings. The van der Waals surface area contributed by atoms with Crippen molar-refractivity contribution in [2.45, 2.75) is 57.8 Å². The van der Waals surface area contributed by atoms with Crippen LogP contribution in [-0.2, 0) is 19.6 Å². The number of amides is 2. The van der Waals surface area contributed by atoms with E-state index in [0.717, 1.165) is 34.7 Å². The second kappa shape index (κ2) is 13.8. The molecule has 40 heavy (non-hydrogen) atoms. The minimum absolute atomic E-state index is 0.171. The van der Waals surface area contributed by atoms with Gasteiger partial charge in [0.05, 0.1) is 7.11 Å². The Morgan fingerprint density at radius 2 is 1.52 bits per heavy atom. The molecule has 0 aliphatic heterocycles. The summed E-state index contributed by atoms with van der Waals surface area (Å²) >= 11 is 0. The summed E-state index contributed by atoms with van der Waals surface area (Å²) in [7, 11) is 1.63. The predicted molar refractivity (Wildman–Crippen MR) is 161 cm³/mol. The van der Waals surface area contributed by atoms with Crippen LogP contribution in [0.25, 0.3) is 11.1 Å². The molecule has 1 aromatic heterocycles. The average molecular weight is 535 g/mol. The van der Waals surface area contributed by atoms with E-state index >= 15 is 0 Å². The Labute approximate surface area is 237 Å². The highest BCUT2D eigenvalue weighted by atomic mass is 16.5. The van der Waals surface area contributed by atoms with Crippen LogP contribution < -0.4 is 15.4 Å². The van der Waals surface area contributed by atoms with Gasteiger partial charge in [-0.2, -0.15) is 0 Å². The smallest absolute Gasteiger partial charge is 0.322 e. The highest BCUT2D eigenvalue weighted by Gasteiger charge is 2.16. The summed E-state index contributed by atoms with van der Waals surface area (Å²) in [5, 5.41) is 6.79. The number of ether oxygens (including phenoxy) is 1. The van der Waals surface area contributed by atoms with Crippen LogP contribution in [0.4, 0.5) is 10.5 Å². The van der Waals surface area contributed by atoms with Crippen molar-refractivity contribution in [3.63, 3.8) is 0 Å². The zero-order valence-corrected chi connectivity index (χ0v) is 23.2. The van der Waals surface area contributed by atoms with Gasteiger partial charge in [0.2, 0.25) is 0 Å². The molecule has 6 heteroatoms. The lowest BCUT2D eigenvalue weighted by Gasteiger charge is -2.24. The average Bonchev–Trinajstić information content (AvgIpc) is 3.01. The Morgan fingerprint density at radius 1 is 0.850 bits per heavy atom. The van der Waals surface area contributed by atoms with Crippen LogP contribution in [0.2, 0.25) is 0 Å². The molecule has 6 nitrogen and oxygen atoms in total. The fourth-order valence-electron chi connectivity index (χ4n) is 5.29. The first-order valence-corrected chi connectivity index (χ1v) is 14.2. The number of pyridine rings is 1. The summed E-state index contributed by atoms with van der Waals surface area (Å²) in [6.45, 7) is 1.80. The van der Waals surface area contributed by atoms with Crippen molar-refractivity contribution in [1.82, 2.24) is 15.2 Å². The van der Waals surface area contributed by atoms with Gasteiger partial charge >= 0.3 is 6.03 Å². The monoisotopic (exact) mass is 534 g/mol. The lowest BCUT2D eigenvalue weighted by molar-refractivity contribution is 0.206. The summed E-state index contributed by atoms with van der Waals surface area (Å²) in [5.41, 5.74) is 6.39. The van der Waals surface area contributed by atoms with Gasteiger partial charge in [-0.15, -0.1) is 0 Å². The molecular formula is C34H38N4O2. The Kier molecular flexibility index (Phi) is 9.43. The van der Waals surface area contributed by atoms with Gasteiger partial charge in [-0.25, -0.2) is 4.79 Å². The van der Waals surface area contributed by atoms with E-state index in [-0.39, 0.29) is 6.03 Å². The van der Waals surface area contributed by atoms with Gasteiger partial charge < -0.3 is 20.3 Å². The van der Waals surface area contributed by atoms with E-state index in [2.05, 4.69) is 64.1 Å². The van der Waals surface area contributed by atoms with Crippen LogP contribution in [0.15, 0.2) is 97.3 Å². The second-order valence-corrected chi connectivity index (χ2v) is 10.5. The summed E-state index contributed by atoms with van der Waals surface area (Å²) in [6, 6.07) is 28.9. The van der Waals surface area contributed by atoms with Crippen LogP contribution in [0.5, 0.6) is 5.75 Å². The van der Waals surface area contributed by atoms with Crippen LogP contribution in [0.3, 0.4) is 0 Å². The highest BCUT2D eigenvalue weighted by Crippen LogP contribution is 2.24. The van der Waals surface area contributed by atoms with Crippen molar-refractivity contribution in [3.8, 4) is 16.9 Å². The standard InChI is InChI=1S/C34H38N4O2/c1-40-33-17-15-32(16-18-33)37-34(39)38(25-28-10-7-19-35-22-28)24-27-9-6-12-30(21-27)29-11-5-8-26(20-29)23-36-31-13-3-2-4-14-31/h5-12,15-22,31,36H,2-4,13-14,23-25H2,1H3,(H,37,39). The molecule has 1 aliphatic carbocycles. The largest absolute Gasteiger partial charge is 0.497 e. The Morgan fingerprint density at radius 3 is 2.23 bits per heavy atom. The third-order valence-corrected chi connectivity index (χ3v) is 7.49. The van der Waals surface area contributed by atoms with E-state index < -0.39 is 0 Å². The molecule has 1 fully saturated rings. The van der Waals surface area contributed by atoms with E-state index in [0.29, 0.717) is 19.1 Å². The SMILES string of the molecule is COc1ccc(NC(=O)N(Cc2cccnc2)Cc2cccc(-c3cccc(CNC4CCCCC4)c3)c2)cc1. The zero-order valence-electron chi connectivity index (χ0n) is 23.2. The molecule has 1 saturated carbocycles.